The van der Waals surface area contributed by atoms with Crippen molar-refractivity contribution in [1.82, 2.24) is 24.9 Å². The van der Waals surface area contributed by atoms with Gasteiger partial charge in [-0.2, -0.15) is 10.2 Å². The number of amides is 1. The van der Waals surface area contributed by atoms with Crippen molar-refractivity contribution < 1.29 is 4.79 Å². The second-order valence-corrected chi connectivity index (χ2v) is 6.87. The zero-order chi connectivity index (χ0) is 16.5. The number of hydrogen-bond acceptors (Lipinski definition) is 4. The van der Waals surface area contributed by atoms with E-state index < -0.39 is 0 Å². The zero-order valence-electron chi connectivity index (χ0n) is 14.1. The van der Waals surface area contributed by atoms with Crippen LogP contribution in [-0.2, 0) is 11.8 Å². The molecule has 2 aromatic heterocycles. The number of piperidine rings is 2. The van der Waals surface area contributed by atoms with Crippen molar-refractivity contribution in [3.63, 3.8) is 0 Å². The van der Waals surface area contributed by atoms with Gasteiger partial charge in [0.2, 0.25) is 5.91 Å². The fraction of sp³-hybridized carbons (Fsp3) is 0.588. The van der Waals surface area contributed by atoms with Crippen LogP contribution in [0.1, 0.15) is 37.3 Å². The Morgan fingerprint density at radius 3 is 2.88 bits per heavy atom. The van der Waals surface area contributed by atoms with Crippen molar-refractivity contribution in [2.24, 2.45) is 7.05 Å². The van der Waals surface area contributed by atoms with Crippen molar-refractivity contribution in [2.45, 2.75) is 37.6 Å². The van der Waals surface area contributed by atoms with E-state index in [1.807, 2.05) is 24.3 Å². The van der Waals surface area contributed by atoms with Gasteiger partial charge in [-0.15, -0.1) is 0 Å². The molecule has 7 heteroatoms. The van der Waals surface area contributed by atoms with E-state index in [1.165, 1.54) is 5.69 Å². The van der Waals surface area contributed by atoms with Gasteiger partial charge in [-0.3, -0.25) is 19.5 Å². The molecular formula is C17H24N6O. The van der Waals surface area contributed by atoms with Crippen LogP contribution in [0.3, 0.4) is 0 Å². The summed E-state index contributed by atoms with van der Waals surface area (Å²) in [5.41, 5.74) is 2.10. The van der Waals surface area contributed by atoms with Gasteiger partial charge in [-0.05, 0) is 38.3 Å². The Labute approximate surface area is 141 Å². The first kappa shape index (κ1) is 15.4. The monoisotopic (exact) mass is 328 g/mol. The Hall–Kier alpha value is -2.15. The van der Waals surface area contributed by atoms with Crippen LogP contribution in [0.25, 0.3) is 0 Å². The molecule has 0 unspecified atom stereocenters. The molecule has 24 heavy (non-hydrogen) atoms. The van der Waals surface area contributed by atoms with Gasteiger partial charge >= 0.3 is 0 Å². The summed E-state index contributed by atoms with van der Waals surface area (Å²) in [5.74, 6) is 0.669. The lowest BCUT2D eigenvalue weighted by molar-refractivity contribution is -0.125. The average Bonchev–Trinajstić information content (AvgIpc) is 3.27. The molecular weight excluding hydrogens is 304 g/mol. The molecule has 0 radical (unpaired) electrons. The molecule has 0 aliphatic carbocycles. The molecule has 0 saturated carbocycles. The molecule has 2 aromatic rings. The minimum absolute atomic E-state index is 0.00956. The number of aromatic nitrogens is 4. The van der Waals surface area contributed by atoms with Gasteiger partial charge < -0.3 is 4.90 Å². The van der Waals surface area contributed by atoms with Crippen LogP contribution in [0.4, 0.5) is 5.69 Å². The van der Waals surface area contributed by atoms with Crippen LogP contribution in [0.15, 0.2) is 24.7 Å². The van der Waals surface area contributed by atoms with E-state index in [0.29, 0.717) is 5.92 Å². The molecule has 1 N–H and O–H groups in total. The van der Waals surface area contributed by atoms with E-state index in [1.54, 1.807) is 10.9 Å². The lowest BCUT2D eigenvalue weighted by Gasteiger charge is -2.41. The first-order valence-electron chi connectivity index (χ1n) is 8.76. The highest BCUT2D eigenvalue weighted by molar-refractivity contribution is 5.97. The van der Waals surface area contributed by atoms with Gasteiger partial charge in [-0.25, -0.2) is 0 Å². The van der Waals surface area contributed by atoms with Crippen LogP contribution in [-0.4, -0.2) is 56.5 Å². The highest BCUT2D eigenvalue weighted by Crippen LogP contribution is 2.30. The molecule has 2 aliphatic heterocycles. The van der Waals surface area contributed by atoms with Crippen LogP contribution < -0.4 is 4.90 Å². The minimum Gasteiger partial charge on any atom is -0.308 e. The van der Waals surface area contributed by atoms with Gasteiger partial charge in [0.05, 0.1) is 17.9 Å². The smallest absolute Gasteiger partial charge is 0.244 e. The second kappa shape index (κ2) is 6.39. The molecule has 0 spiro atoms. The summed E-state index contributed by atoms with van der Waals surface area (Å²) in [6, 6.07) is 2.04. The van der Waals surface area contributed by atoms with Crippen molar-refractivity contribution in [3.8, 4) is 0 Å². The Balaban J connectivity index is 1.49. The Kier molecular flexibility index (Phi) is 4.10. The number of nitrogens with zero attached hydrogens (tertiary/aromatic N) is 5. The van der Waals surface area contributed by atoms with E-state index in [-0.39, 0.29) is 11.9 Å². The third-order valence-corrected chi connectivity index (χ3v) is 5.27. The SMILES string of the molecule is Cn1cc(N2CCC[C@@H](N3CCC[C@@H](c4ccn[nH]4)C3)C2=O)cn1. The van der Waals surface area contributed by atoms with Gasteiger partial charge in [0, 0.05) is 44.1 Å². The van der Waals surface area contributed by atoms with Crippen LogP contribution in [0.2, 0.25) is 0 Å². The molecule has 2 atom stereocenters. The van der Waals surface area contributed by atoms with Crippen molar-refractivity contribution >= 4 is 11.6 Å². The van der Waals surface area contributed by atoms with E-state index in [0.717, 1.165) is 51.0 Å². The standard InChI is InChI=1S/C17H24N6O/c1-21-12-14(10-19-21)23-9-3-5-16(17(23)24)22-8-2-4-13(11-22)15-6-7-18-20-15/h6-7,10,12-13,16H,2-5,8-9,11H2,1H3,(H,18,20)/t13-,16-/m1/s1. The molecule has 0 aromatic carbocycles. The lowest BCUT2D eigenvalue weighted by Crippen LogP contribution is -2.54. The number of aryl methyl sites for hydroxylation is 1. The quantitative estimate of drug-likeness (QED) is 0.927. The van der Waals surface area contributed by atoms with Crippen molar-refractivity contribution in [1.29, 1.82) is 0 Å². The largest absolute Gasteiger partial charge is 0.308 e. The Bertz CT molecular complexity index is 694. The number of nitrogens with one attached hydrogen (secondary N) is 1. The number of likely N-dealkylation sites (tertiary alicyclic amines) is 1. The summed E-state index contributed by atoms with van der Waals surface area (Å²) in [6.07, 6.45) is 9.78. The molecule has 2 aliphatic rings. The summed E-state index contributed by atoms with van der Waals surface area (Å²) in [4.78, 5) is 17.3. The van der Waals surface area contributed by atoms with E-state index in [2.05, 4.69) is 26.3 Å². The van der Waals surface area contributed by atoms with Gasteiger partial charge in [-0.1, -0.05) is 0 Å². The topological polar surface area (TPSA) is 70.1 Å². The van der Waals surface area contributed by atoms with E-state index in [9.17, 15) is 4.79 Å². The summed E-state index contributed by atoms with van der Waals surface area (Å²) in [5, 5.41) is 11.4. The fourth-order valence-corrected chi connectivity index (χ4v) is 4.04. The first-order valence-corrected chi connectivity index (χ1v) is 8.76. The maximum atomic E-state index is 13.1. The highest BCUT2D eigenvalue weighted by Gasteiger charge is 2.36. The van der Waals surface area contributed by atoms with Crippen molar-refractivity contribution in [2.75, 3.05) is 24.5 Å². The maximum absolute atomic E-state index is 13.1. The van der Waals surface area contributed by atoms with E-state index in [4.69, 9.17) is 0 Å². The van der Waals surface area contributed by atoms with Crippen LogP contribution >= 0.6 is 0 Å². The second-order valence-electron chi connectivity index (χ2n) is 6.87. The third kappa shape index (κ3) is 2.84. The minimum atomic E-state index is -0.00956. The van der Waals surface area contributed by atoms with Crippen LogP contribution in [0.5, 0.6) is 0 Å². The third-order valence-electron chi connectivity index (χ3n) is 5.27. The number of hydrogen-bond donors (Lipinski definition) is 1. The highest BCUT2D eigenvalue weighted by atomic mass is 16.2. The summed E-state index contributed by atoms with van der Waals surface area (Å²) < 4.78 is 1.75. The fourth-order valence-electron chi connectivity index (χ4n) is 4.04. The molecule has 2 saturated heterocycles. The normalized spacial score (nSPS) is 26.0. The number of rotatable bonds is 3. The Morgan fingerprint density at radius 2 is 2.12 bits per heavy atom. The molecule has 1 amide bonds. The number of anilines is 1. The number of carbonyl (C=O) groups is 1. The molecule has 4 rings (SSSR count). The Morgan fingerprint density at radius 1 is 1.25 bits per heavy atom. The number of aromatic amines is 1. The zero-order valence-corrected chi connectivity index (χ0v) is 14.1. The molecule has 2 fully saturated rings. The predicted molar refractivity (Wildman–Crippen MR) is 90.7 cm³/mol. The predicted octanol–water partition coefficient (Wildman–Crippen LogP) is 1.52. The average molecular weight is 328 g/mol. The summed E-state index contributed by atoms with van der Waals surface area (Å²) in [6.45, 7) is 2.72. The summed E-state index contributed by atoms with van der Waals surface area (Å²) in [7, 11) is 1.88. The number of carbonyl (C=O) groups excluding carboxylic acids is 1. The van der Waals surface area contributed by atoms with Crippen LogP contribution in [0, 0.1) is 0 Å². The van der Waals surface area contributed by atoms with Crippen molar-refractivity contribution in [3.05, 3.63) is 30.4 Å². The van der Waals surface area contributed by atoms with E-state index >= 15 is 0 Å². The molecule has 128 valence electrons. The first-order chi connectivity index (χ1) is 11.7. The molecule has 4 heterocycles. The molecule has 0 bridgehead atoms. The lowest BCUT2D eigenvalue weighted by atomic mass is 9.92. The van der Waals surface area contributed by atoms with Gasteiger partial charge in [0.1, 0.15) is 0 Å². The van der Waals surface area contributed by atoms with Gasteiger partial charge in [0.25, 0.3) is 0 Å². The summed E-state index contributed by atoms with van der Waals surface area (Å²) >= 11 is 0. The number of H-pyrrole nitrogens is 1. The van der Waals surface area contributed by atoms with Gasteiger partial charge in [0.15, 0.2) is 0 Å². The maximum Gasteiger partial charge on any atom is 0.244 e. The molecule has 7 nitrogen and oxygen atoms in total.